The van der Waals surface area contributed by atoms with Gasteiger partial charge >= 0.3 is 12.1 Å². The zero-order valence-corrected chi connectivity index (χ0v) is 14.3. The van der Waals surface area contributed by atoms with E-state index in [1.807, 2.05) is 34.6 Å². The number of carbonyl (C=O) groups excluding carboxylic acids is 2. The van der Waals surface area contributed by atoms with Crippen molar-refractivity contribution in [1.82, 2.24) is 5.32 Å². The molecule has 1 fully saturated rings. The van der Waals surface area contributed by atoms with Crippen LogP contribution >= 0.6 is 0 Å². The highest BCUT2D eigenvalue weighted by molar-refractivity contribution is 5.78. The molecule has 1 amide bonds. The zero-order chi connectivity index (χ0) is 16.4. The quantitative estimate of drug-likeness (QED) is 0.809. The maximum Gasteiger partial charge on any atom is 0.408 e. The number of esters is 1. The number of alkyl carbamates (subject to hydrolysis) is 1. The average Bonchev–Trinajstić information content (AvgIpc) is 2.49. The molecule has 5 nitrogen and oxygen atoms in total. The summed E-state index contributed by atoms with van der Waals surface area (Å²) in [5.74, 6) is 0.180. The van der Waals surface area contributed by atoms with Gasteiger partial charge in [0.05, 0.1) is 11.5 Å². The lowest BCUT2D eigenvalue weighted by atomic mass is 9.86. The maximum absolute atomic E-state index is 12.0. The Kier molecular flexibility index (Phi) is 5.29. The molecular formula is C16H29NO4. The molecule has 1 N–H and O–H groups in total. The van der Waals surface area contributed by atoms with Crippen LogP contribution < -0.4 is 5.32 Å². The van der Waals surface area contributed by atoms with Gasteiger partial charge in [-0.3, -0.25) is 4.79 Å². The van der Waals surface area contributed by atoms with E-state index in [1.54, 1.807) is 0 Å². The van der Waals surface area contributed by atoms with Crippen LogP contribution in [0.25, 0.3) is 0 Å². The number of hydrogen-bond acceptors (Lipinski definition) is 4. The molecule has 0 saturated carbocycles. The van der Waals surface area contributed by atoms with E-state index in [2.05, 4.69) is 19.2 Å². The Morgan fingerprint density at radius 3 is 2.38 bits per heavy atom. The van der Waals surface area contributed by atoms with Crippen molar-refractivity contribution in [2.24, 2.45) is 11.3 Å². The van der Waals surface area contributed by atoms with Gasteiger partial charge in [-0.15, -0.1) is 0 Å². The van der Waals surface area contributed by atoms with Gasteiger partial charge in [0.25, 0.3) is 0 Å². The molecule has 5 heteroatoms. The molecule has 0 spiro atoms. The molecule has 1 rings (SSSR count). The van der Waals surface area contributed by atoms with Crippen molar-refractivity contribution in [3.8, 4) is 0 Å². The van der Waals surface area contributed by atoms with Crippen molar-refractivity contribution in [2.45, 2.75) is 79.1 Å². The molecule has 1 saturated heterocycles. The number of carbonyl (C=O) groups is 2. The van der Waals surface area contributed by atoms with Crippen LogP contribution in [0.3, 0.4) is 0 Å². The Morgan fingerprint density at radius 2 is 2.00 bits per heavy atom. The molecule has 1 unspecified atom stereocenters. The van der Waals surface area contributed by atoms with E-state index >= 15 is 0 Å². The zero-order valence-electron chi connectivity index (χ0n) is 14.3. The van der Waals surface area contributed by atoms with Crippen LogP contribution in [0.5, 0.6) is 0 Å². The summed E-state index contributed by atoms with van der Waals surface area (Å²) in [7, 11) is 0. The molecule has 0 bridgehead atoms. The standard InChI is InChI=1S/C16H29NO4/c1-10(2)8-11(17-14(19)21-15(3,4)5)12-9-16(6,7)13(18)20-12/h10-12H,8-9H2,1-7H3,(H,17,19)/t11?,12-/m0/s1. The van der Waals surface area contributed by atoms with Gasteiger partial charge in [0.2, 0.25) is 0 Å². The van der Waals surface area contributed by atoms with Gasteiger partial charge < -0.3 is 14.8 Å². The van der Waals surface area contributed by atoms with E-state index in [1.165, 1.54) is 0 Å². The molecule has 2 atom stereocenters. The molecule has 0 radical (unpaired) electrons. The number of amides is 1. The number of cyclic esters (lactones) is 1. The summed E-state index contributed by atoms with van der Waals surface area (Å²) in [6.45, 7) is 13.4. The Bertz CT molecular complexity index is 396. The van der Waals surface area contributed by atoms with Crippen LogP contribution in [-0.4, -0.2) is 29.8 Å². The van der Waals surface area contributed by atoms with Crippen molar-refractivity contribution in [3.05, 3.63) is 0 Å². The normalized spacial score (nSPS) is 22.9. The van der Waals surface area contributed by atoms with Crippen LogP contribution in [0.4, 0.5) is 4.79 Å². The van der Waals surface area contributed by atoms with Crippen LogP contribution in [0.2, 0.25) is 0 Å². The molecular weight excluding hydrogens is 270 g/mol. The van der Waals surface area contributed by atoms with Crippen molar-refractivity contribution >= 4 is 12.1 Å². The summed E-state index contributed by atoms with van der Waals surface area (Å²) >= 11 is 0. The lowest BCUT2D eigenvalue weighted by Crippen LogP contribution is -2.46. The van der Waals surface area contributed by atoms with E-state index in [0.717, 1.165) is 6.42 Å². The molecule has 0 aromatic carbocycles. The molecule has 21 heavy (non-hydrogen) atoms. The van der Waals surface area contributed by atoms with Gasteiger partial charge in [-0.25, -0.2) is 4.79 Å². The smallest absolute Gasteiger partial charge is 0.408 e. The summed E-state index contributed by atoms with van der Waals surface area (Å²) in [5, 5.41) is 2.87. The maximum atomic E-state index is 12.0. The van der Waals surface area contributed by atoms with Crippen LogP contribution in [0.1, 0.15) is 61.3 Å². The first-order valence-corrected chi connectivity index (χ1v) is 7.61. The summed E-state index contributed by atoms with van der Waals surface area (Å²) in [6.07, 6.45) is 0.600. The third kappa shape index (κ3) is 5.56. The highest BCUT2D eigenvalue weighted by Gasteiger charge is 2.45. The minimum Gasteiger partial charge on any atom is -0.460 e. The van der Waals surface area contributed by atoms with Crippen molar-refractivity contribution in [2.75, 3.05) is 0 Å². The SMILES string of the molecule is CC(C)CC(NC(=O)OC(C)(C)C)[C@@H]1CC(C)(C)C(=O)O1. The van der Waals surface area contributed by atoms with Gasteiger partial charge in [0.1, 0.15) is 11.7 Å². The fraction of sp³-hybridized carbons (Fsp3) is 0.875. The third-order valence-electron chi connectivity index (χ3n) is 3.40. The van der Waals surface area contributed by atoms with Crippen LogP contribution in [0.15, 0.2) is 0 Å². The second-order valence-electron chi connectivity index (χ2n) is 7.91. The molecule has 1 heterocycles. The molecule has 0 aromatic rings. The first-order chi connectivity index (χ1) is 9.40. The number of nitrogens with one attached hydrogen (secondary N) is 1. The Balaban J connectivity index is 2.73. The first kappa shape index (κ1) is 17.8. The van der Waals surface area contributed by atoms with Crippen molar-refractivity contribution in [3.63, 3.8) is 0 Å². The van der Waals surface area contributed by atoms with Gasteiger partial charge in [0.15, 0.2) is 0 Å². The van der Waals surface area contributed by atoms with Crippen molar-refractivity contribution in [1.29, 1.82) is 0 Å². The first-order valence-electron chi connectivity index (χ1n) is 7.61. The summed E-state index contributed by atoms with van der Waals surface area (Å²) in [6, 6.07) is -0.217. The molecule has 1 aliphatic heterocycles. The van der Waals surface area contributed by atoms with E-state index in [0.29, 0.717) is 12.3 Å². The van der Waals surface area contributed by atoms with Gasteiger partial charge in [-0.2, -0.15) is 0 Å². The van der Waals surface area contributed by atoms with Gasteiger partial charge in [-0.1, -0.05) is 13.8 Å². The minimum atomic E-state index is -0.544. The second-order valence-corrected chi connectivity index (χ2v) is 7.91. The predicted octanol–water partition coefficient (Wildman–Crippen LogP) is 3.27. The molecule has 122 valence electrons. The van der Waals surface area contributed by atoms with Crippen molar-refractivity contribution < 1.29 is 19.1 Å². The van der Waals surface area contributed by atoms with E-state index in [-0.39, 0.29) is 18.1 Å². The Labute approximate surface area is 127 Å². The predicted molar refractivity (Wildman–Crippen MR) is 80.9 cm³/mol. The lowest BCUT2D eigenvalue weighted by Gasteiger charge is -2.27. The highest BCUT2D eigenvalue weighted by Crippen LogP contribution is 2.35. The second kappa shape index (κ2) is 6.24. The number of hydrogen-bond donors (Lipinski definition) is 1. The highest BCUT2D eigenvalue weighted by atomic mass is 16.6. The Hall–Kier alpha value is -1.26. The number of ether oxygens (including phenoxy) is 2. The van der Waals surface area contributed by atoms with E-state index in [9.17, 15) is 9.59 Å². The number of rotatable bonds is 4. The van der Waals surface area contributed by atoms with E-state index < -0.39 is 17.1 Å². The topological polar surface area (TPSA) is 64.6 Å². The van der Waals surface area contributed by atoms with Crippen LogP contribution in [-0.2, 0) is 14.3 Å². The third-order valence-corrected chi connectivity index (χ3v) is 3.40. The monoisotopic (exact) mass is 299 g/mol. The molecule has 0 aromatic heterocycles. The summed E-state index contributed by atoms with van der Waals surface area (Å²) in [4.78, 5) is 23.8. The fourth-order valence-electron chi connectivity index (χ4n) is 2.42. The van der Waals surface area contributed by atoms with E-state index in [4.69, 9.17) is 9.47 Å². The minimum absolute atomic E-state index is 0.202. The Morgan fingerprint density at radius 1 is 1.43 bits per heavy atom. The lowest BCUT2D eigenvalue weighted by molar-refractivity contribution is -0.148. The van der Waals surface area contributed by atoms with Gasteiger partial charge in [0, 0.05) is 6.42 Å². The van der Waals surface area contributed by atoms with Crippen LogP contribution in [0, 0.1) is 11.3 Å². The molecule has 0 aliphatic carbocycles. The van der Waals surface area contributed by atoms with Gasteiger partial charge in [-0.05, 0) is 47.0 Å². The summed E-state index contributed by atoms with van der Waals surface area (Å²) in [5.41, 5.74) is -1.03. The fourth-order valence-corrected chi connectivity index (χ4v) is 2.42. The molecule has 1 aliphatic rings. The largest absolute Gasteiger partial charge is 0.460 e. The average molecular weight is 299 g/mol. The summed E-state index contributed by atoms with van der Waals surface area (Å²) < 4.78 is 10.8.